The molecule has 2 aromatic heterocycles. The van der Waals surface area contributed by atoms with E-state index >= 15 is 0 Å². The van der Waals surface area contributed by atoms with E-state index in [0.29, 0.717) is 16.7 Å². The van der Waals surface area contributed by atoms with Gasteiger partial charge in [-0.25, -0.2) is 4.79 Å². The first kappa shape index (κ1) is 8.78. The van der Waals surface area contributed by atoms with Crippen LogP contribution in [-0.2, 0) is 0 Å². The van der Waals surface area contributed by atoms with Crippen molar-refractivity contribution < 1.29 is 9.90 Å². The lowest BCUT2D eigenvalue weighted by Gasteiger charge is -2.01. The summed E-state index contributed by atoms with van der Waals surface area (Å²) >= 11 is 0. The molecule has 16 heavy (non-hydrogen) atoms. The first-order valence-corrected chi connectivity index (χ1v) is 4.57. The molecule has 0 aliphatic heterocycles. The highest BCUT2D eigenvalue weighted by Gasteiger charge is 2.07. The average molecular weight is 214 g/mol. The summed E-state index contributed by atoms with van der Waals surface area (Å²) in [5, 5.41) is 16.5. The number of nitrogens with zero attached hydrogens (tertiary/aromatic N) is 4. The SMILES string of the molecule is O=C(O)c1ccc2ncc3nncn3c2c1. The highest BCUT2D eigenvalue weighted by molar-refractivity contribution is 5.92. The van der Waals surface area contributed by atoms with E-state index in [4.69, 9.17) is 5.11 Å². The van der Waals surface area contributed by atoms with Gasteiger partial charge in [0, 0.05) is 0 Å². The zero-order chi connectivity index (χ0) is 11.1. The van der Waals surface area contributed by atoms with Crippen LogP contribution in [0.5, 0.6) is 0 Å². The Morgan fingerprint density at radius 1 is 1.38 bits per heavy atom. The Morgan fingerprint density at radius 3 is 3.06 bits per heavy atom. The standard InChI is InChI=1S/C10H6N4O2/c15-10(16)6-1-2-7-8(3-6)14-5-12-13-9(14)4-11-7/h1-5H,(H,15,16). The van der Waals surface area contributed by atoms with Crippen LogP contribution >= 0.6 is 0 Å². The van der Waals surface area contributed by atoms with Crippen LogP contribution in [0.1, 0.15) is 10.4 Å². The van der Waals surface area contributed by atoms with Crippen molar-refractivity contribution in [2.24, 2.45) is 0 Å². The molecule has 1 aromatic carbocycles. The second kappa shape index (κ2) is 2.99. The molecule has 0 aliphatic rings. The van der Waals surface area contributed by atoms with Gasteiger partial charge in [0.15, 0.2) is 5.65 Å². The third kappa shape index (κ3) is 1.13. The van der Waals surface area contributed by atoms with Crippen molar-refractivity contribution in [3.8, 4) is 0 Å². The normalized spacial score (nSPS) is 11.0. The first-order valence-electron chi connectivity index (χ1n) is 4.57. The molecular formula is C10H6N4O2. The van der Waals surface area contributed by atoms with E-state index in [9.17, 15) is 4.79 Å². The van der Waals surface area contributed by atoms with Crippen LogP contribution in [0, 0.1) is 0 Å². The second-order valence-corrected chi connectivity index (χ2v) is 3.33. The zero-order valence-electron chi connectivity index (χ0n) is 8.03. The van der Waals surface area contributed by atoms with Crippen LogP contribution < -0.4 is 0 Å². The van der Waals surface area contributed by atoms with Gasteiger partial charge in [0.1, 0.15) is 6.33 Å². The average Bonchev–Trinajstić information content (AvgIpc) is 2.76. The van der Waals surface area contributed by atoms with E-state index in [1.54, 1.807) is 22.7 Å². The van der Waals surface area contributed by atoms with E-state index in [1.807, 2.05) is 0 Å². The Hall–Kier alpha value is -2.50. The molecule has 3 rings (SSSR count). The van der Waals surface area contributed by atoms with E-state index in [1.165, 1.54) is 12.4 Å². The molecule has 6 heteroatoms. The smallest absolute Gasteiger partial charge is 0.335 e. The fourth-order valence-electron chi connectivity index (χ4n) is 1.60. The highest BCUT2D eigenvalue weighted by Crippen LogP contribution is 2.15. The predicted octanol–water partition coefficient (Wildman–Crippen LogP) is 0.976. The molecule has 0 saturated carbocycles. The number of rotatable bonds is 1. The quantitative estimate of drug-likeness (QED) is 0.653. The van der Waals surface area contributed by atoms with Gasteiger partial charge in [0.2, 0.25) is 0 Å². The molecule has 1 N–H and O–H groups in total. The van der Waals surface area contributed by atoms with Crippen LogP contribution in [-0.4, -0.2) is 30.7 Å². The summed E-state index contributed by atoms with van der Waals surface area (Å²) in [7, 11) is 0. The van der Waals surface area contributed by atoms with Crippen molar-refractivity contribution in [3.63, 3.8) is 0 Å². The number of aromatic carboxylic acids is 1. The molecule has 78 valence electrons. The van der Waals surface area contributed by atoms with Crippen LogP contribution in [0.15, 0.2) is 30.7 Å². The molecule has 0 fully saturated rings. The maximum atomic E-state index is 10.9. The first-order chi connectivity index (χ1) is 7.75. The summed E-state index contributed by atoms with van der Waals surface area (Å²) in [6, 6.07) is 4.74. The largest absolute Gasteiger partial charge is 0.478 e. The molecule has 0 atom stereocenters. The molecular weight excluding hydrogens is 208 g/mol. The van der Waals surface area contributed by atoms with Crippen molar-refractivity contribution in [2.45, 2.75) is 0 Å². The summed E-state index contributed by atoms with van der Waals surface area (Å²) in [4.78, 5) is 15.0. The fraction of sp³-hybridized carbons (Fsp3) is 0. The number of hydrogen-bond acceptors (Lipinski definition) is 4. The third-order valence-electron chi connectivity index (χ3n) is 2.38. The lowest BCUT2D eigenvalue weighted by atomic mass is 10.2. The Bertz CT molecular complexity index is 704. The predicted molar refractivity (Wildman–Crippen MR) is 55.2 cm³/mol. The summed E-state index contributed by atoms with van der Waals surface area (Å²) in [6.07, 6.45) is 3.13. The summed E-state index contributed by atoms with van der Waals surface area (Å²) in [6.45, 7) is 0. The van der Waals surface area contributed by atoms with Crippen LogP contribution in [0.2, 0.25) is 0 Å². The summed E-state index contributed by atoms with van der Waals surface area (Å²) in [5.74, 6) is -0.966. The Morgan fingerprint density at radius 2 is 2.25 bits per heavy atom. The highest BCUT2D eigenvalue weighted by atomic mass is 16.4. The number of aromatic nitrogens is 4. The minimum Gasteiger partial charge on any atom is -0.478 e. The molecule has 0 bridgehead atoms. The van der Waals surface area contributed by atoms with Gasteiger partial charge in [-0.2, -0.15) is 0 Å². The van der Waals surface area contributed by atoms with Crippen LogP contribution in [0.3, 0.4) is 0 Å². The van der Waals surface area contributed by atoms with Gasteiger partial charge in [-0.3, -0.25) is 9.38 Å². The second-order valence-electron chi connectivity index (χ2n) is 3.33. The summed E-state index contributed by atoms with van der Waals surface area (Å²) < 4.78 is 1.70. The molecule has 0 unspecified atom stereocenters. The Kier molecular flexibility index (Phi) is 1.64. The van der Waals surface area contributed by atoms with Gasteiger partial charge in [-0.05, 0) is 18.2 Å². The molecule has 0 spiro atoms. The number of benzene rings is 1. The molecule has 0 aliphatic carbocycles. The van der Waals surface area contributed by atoms with Crippen molar-refractivity contribution >= 4 is 22.6 Å². The fourth-order valence-corrected chi connectivity index (χ4v) is 1.60. The molecule has 6 nitrogen and oxygen atoms in total. The summed E-state index contributed by atoms with van der Waals surface area (Å²) in [5.41, 5.74) is 2.20. The number of carbonyl (C=O) groups is 1. The minimum atomic E-state index is -0.966. The monoisotopic (exact) mass is 214 g/mol. The van der Waals surface area contributed by atoms with Crippen molar-refractivity contribution in [1.82, 2.24) is 19.6 Å². The lowest BCUT2D eigenvalue weighted by Crippen LogP contribution is -1.98. The Balaban J connectivity index is 2.46. The van der Waals surface area contributed by atoms with Gasteiger partial charge in [-0.15, -0.1) is 10.2 Å². The maximum absolute atomic E-state index is 10.9. The zero-order valence-corrected chi connectivity index (χ0v) is 8.03. The lowest BCUT2D eigenvalue weighted by molar-refractivity contribution is 0.0697. The maximum Gasteiger partial charge on any atom is 0.335 e. The minimum absolute atomic E-state index is 0.218. The van der Waals surface area contributed by atoms with E-state index in [2.05, 4.69) is 15.2 Å². The van der Waals surface area contributed by atoms with Gasteiger partial charge >= 0.3 is 5.97 Å². The number of carboxylic acid groups (broad SMARTS) is 1. The van der Waals surface area contributed by atoms with Crippen molar-refractivity contribution in [2.75, 3.05) is 0 Å². The molecule has 2 heterocycles. The molecule has 3 aromatic rings. The number of fused-ring (bicyclic) bond motifs is 3. The van der Waals surface area contributed by atoms with Gasteiger partial charge < -0.3 is 5.11 Å². The topological polar surface area (TPSA) is 80.4 Å². The Labute approximate surface area is 89.2 Å². The molecule has 0 radical (unpaired) electrons. The van der Waals surface area contributed by atoms with Crippen molar-refractivity contribution in [3.05, 3.63) is 36.3 Å². The van der Waals surface area contributed by atoms with Crippen LogP contribution in [0.4, 0.5) is 0 Å². The van der Waals surface area contributed by atoms with Gasteiger partial charge in [0.25, 0.3) is 0 Å². The van der Waals surface area contributed by atoms with Crippen molar-refractivity contribution in [1.29, 1.82) is 0 Å². The molecule has 0 saturated heterocycles. The van der Waals surface area contributed by atoms with Gasteiger partial charge in [-0.1, -0.05) is 0 Å². The van der Waals surface area contributed by atoms with Crippen LogP contribution in [0.25, 0.3) is 16.7 Å². The van der Waals surface area contributed by atoms with E-state index in [0.717, 1.165) is 0 Å². The third-order valence-corrected chi connectivity index (χ3v) is 2.38. The van der Waals surface area contributed by atoms with E-state index in [-0.39, 0.29) is 5.56 Å². The number of carboxylic acids is 1. The number of hydrogen-bond donors (Lipinski definition) is 1. The molecule has 0 amide bonds. The van der Waals surface area contributed by atoms with Gasteiger partial charge in [0.05, 0.1) is 22.8 Å². The van der Waals surface area contributed by atoms with E-state index < -0.39 is 5.97 Å².